The zero-order chi connectivity index (χ0) is 13.1. The van der Waals surface area contributed by atoms with Gasteiger partial charge in [-0.25, -0.2) is 0 Å². The van der Waals surface area contributed by atoms with Crippen LogP contribution in [0.1, 0.15) is 38.5 Å². The van der Waals surface area contributed by atoms with Crippen LogP contribution in [0.25, 0.3) is 0 Å². The van der Waals surface area contributed by atoms with E-state index < -0.39 is 0 Å². The first kappa shape index (κ1) is 13.8. The van der Waals surface area contributed by atoms with Gasteiger partial charge in [-0.3, -0.25) is 9.80 Å². The van der Waals surface area contributed by atoms with E-state index in [-0.39, 0.29) is 5.54 Å². The predicted molar refractivity (Wildman–Crippen MR) is 77.2 cm³/mol. The molecule has 0 aromatic rings. The topological polar surface area (TPSA) is 41.7 Å². The minimum absolute atomic E-state index is 0.222. The van der Waals surface area contributed by atoms with E-state index >= 15 is 0 Å². The summed E-state index contributed by atoms with van der Waals surface area (Å²) in [4.78, 5) is 5.42. The molecule has 0 aromatic carbocycles. The molecule has 0 saturated carbocycles. The molecule has 3 fully saturated rings. The second-order valence-electron chi connectivity index (χ2n) is 6.53. The minimum atomic E-state index is 0.222. The van der Waals surface area contributed by atoms with E-state index in [1.165, 1.54) is 58.3 Å². The maximum absolute atomic E-state index is 6.20. The summed E-state index contributed by atoms with van der Waals surface area (Å²) in [7, 11) is 0. The normalized spacial score (nSPS) is 38.7. The summed E-state index contributed by atoms with van der Waals surface area (Å²) in [5.41, 5.74) is 6.42. The van der Waals surface area contributed by atoms with Crippen molar-refractivity contribution in [1.82, 2.24) is 9.80 Å². The molecule has 3 aliphatic heterocycles. The van der Waals surface area contributed by atoms with Gasteiger partial charge in [-0.2, -0.15) is 0 Å². The molecule has 2 unspecified atom stereocenters. The third-order valence-corrected chi connectivity index (χ3v) is 5.53. The predicted octanol–water partition coefficient (Wildman–Crippen LogP) is 1.05. The van der Waals surface area contributed by atoms with Crippen LogP contribution in [0.2, 0.25) is 0 Å². The summed E-state index contributed by atoms with van der Waals surface area (Å²) in [6, 6.07) is 0.787. The molecule has 2 atom stereocenters. The summed E-state index contributed by atoms with van der Waals surface area (Å²) < 4.78 is 5.66. The number of hydrogen-bond acceptors (Lipinski definition) is 4. The van der Waals surface area contributed by atoms with Gasteiger partial charge in [0.1, 0.15) is 0 Å². The SMILES string of the molecule is NCC1(N2CCN3CCCCC3C2)CCCOCC1. The average Bonchev–Trinajstić information content (AvgIpc) is 2.73. The fraction of sp³-hybridized carbons (Fsp3) is 1.00. The lowest BCUT2D eigenvalue weighted by atomic mass is 9.86. The van der Waals surface area contributed by atoms with E-state index in [0.29, 0.717) is 0 Å². The summed E-state index contributed by atoms with van der Waals surface area (Å²) in [6.07, 6.45) is 7.70. The monoisotopic (exact) mass is 267 g/mol. The molecule has 0 amide bonds. The van der Waals surface area contributed by atoms with Crippen LogP contribution in [0, 0.1) is 0 Å². The van der Waals surface area contributed by atoms with Crippen LogP contribution in [0.3, 0.4) is 0 Å². The molecule has 3 heterocycles. The largest absolute Gasteiger partial charge is 0.381 e. The molecule has 110 valence electrons. The smallest absolute Gasteiger partial charge is 0.0484 e. The Labute approximate surface area is 117 Å². The lowest BCUT2D eigenvalue weighted by molar-refractivity contribution is -0.0192. The molecular formula is C15H29N3O. The summed E-state index contributed by atoms with van der Waals surface area (Å²) in [5.74, 6) is 0. The summed E-state index contributed by atoms with van der Waals surface area (Å²) >= 11 is 0. The van der Waals surface area contributed by atoms with E-state index in [1.54, 1.807) is 0 Å². The van der Waals surface area contributed by atoms with Gasteiger partial charge in [-0.05, 0) is 38.6 Å². The van der Waals surface area contributed by atoms with E-state index in [4.69, 9.17) is 10.5 Å². The highest BCUT2D eigenvalue weighted by Crippen LogP contribution is 2.31. The van der Waals surface area contributed by atoms with Crippen LogP contribution in [-0.2, 0) is 4.74 Å². The Bertz CT molecular complexity index is 289. The standard InChI is InChI=1S/C15H29N3O/c16-13-15(5-3-10-19-11-6-15)18-9-8-17-7-2-1-4-14(17)12-18/h14H,1-13,16H2. The third kappa shape index (κ3) is 2.82. The number of piperazine rings is 1. The van der Waals surface area contributed by atoms with E-state index in [1.807, 2.05) is 0 Å². The van der Waals surface area contributed by atoms with Crippen molar-refractivity contribution in [2.24, 2.45) is 5.73 Å². The van der Waals surface area contributed by atoms with Crippen LogP contribution >= 0.6 is 0 Å². The molecule has 0 radical (unpaired) electrons. The molecule has 0 bridgehead atoms. The molecule has 0 spiro atoms. The molecule has 0 aliphatic carbocycles. The van der Waals surface area contributed by atoms with E-state index in [2.05, 4.69) is 9.80 Å². The molecule has 3 aliphatic rings. The minimum Gasteiger partial charge on any atom is -0.381 e. The first-order valence-electron chi connectivity index (χ1n) is 8.11. The number of nitrogens with zero attached hydrogens (tertiary/aromatic N) is 2. The number of piperidine rings is 1. The second-order valence-corrected chi connectivity index (χ2v) is 6.53. The fourth-order valence-electron chi connectivity index (χ4n) is 4.23. The highest BCUT2D eigenvalue weighted by molar-refractivity contribution is 4.97. The maximum Gasteiger partial charge on any atom is 0.0484 e. The van der Waals surface area contributed by atoms with Gasteiger partial charge < -0.3 is 10.5 Å². The van der Waals surface area contributed by atoms with Crippen molar-refractivity contribution in [1.29, 1.82) is 0 Å². The van der Waals surface area contributed by atoms with Crippen LogP contribution in [0.4, 0.5) is 0 Å². The average molecular weight is 267 g/mol. The lowest BCUT2D eigenvalue weighted by Crippen LogP contribution is -2.63. The second kappa shape index (κ2) is 6.08. The molecule has 2 N–H and O–H groups in total. The number of hydrogen-bond donors (Lipinski definition) is 1. The lowest BCUT2D eigenvalue weighted by Gasteiger charge is -2.51. The van der Waals surface area contributed by atoms with Crippen molar-refractivity contribution < 1.29 is 4.74 Å². The van der Waals surface area contributed by atoms with Crippen molar-refractivity contribution in [2.75, 3.05) is 45.9 Å². The molecule has 3 rings (SSSR count). The van der Waals surface area contributed by atoms with Crippen LogP contribution < -0.4 is 5.73 Å². The Morgan fingerprint density at radius 1 is 1.05 bits per heavy atom. The van der Waals surface area contributed by atoms with Gasteiger partial charge in [0.05, 0.1) is 0 Å². The molecule has 3 saturated heterocycles. The number of fused-ring (bicyclic) bond motifs is 1. The Balaban J connectivity index is 1.69. The molecule has 4 heteroatoms. The number of ether oxygens (including phenoxy) is 1. The molecule has 19 heavy (non-hydrogen) atoms. The van der Waals surface area contributed by atoms with Crippen molar-refractivity contribution in [2.45, 2.75) is 50.1 Å². The van der Waals surface area contributed by atoms with Gasteiger partial charge in [-0.15, -0.1) is 0 Å². The van der Waals surface area contributed by atoms with Gasteiger partial charge in [0.25, 0.3) is 0 Å². The van der Waals surface area contributed by atoms with Gasteiger partial charge in [-0.1, -0.05) is 6.42 Å². The summed E-state index contributed by atoms with van der Waals surface area (Å²) in [6.45, 7) is 7.60. The Kier molecular flexibility index (Phi) is 4.42. The Morgan fingerprint density at radius 3 is 2.89 bits per heavy atom. The highest BCUT2D eigenvalue weighted by Gasteiger charge is 2.40. The van der Waals surface area contributed by atoms with E-state index in [0.717, 1.165) is 32.2 Å². The fourth-order valence-corrected chi connectivity index (χ4v) is 4.23. The van der Waals surface area contributed by atoms with Crippen LogP contribution in [0.5, 0.6) is 0 Å². The van der Waals surface area contributed by atoms with Crippen molar-refractivity contribution >= 4 is 0 Å². The van der Waals surface area contributed by atoms with E-state index in [9.17, 15) is 0 Å². The molecule has 0 aromatic heterocycles. The molecule has 4 nitrogen and oxygen atoms in total. The van der Waals surface area contributed by atoms with Gasteiger partial charge in [0.2, 0.25) is 0 Å². The van der Waals surface area contributed by atoms with Gasteiger partial charge in [0.15, 0.2) is 0 Å². The Morgan fingerprint density at radius 2 is 2.00 bits per heavy atom. The van der Waals surface area contributed by atoms with Crippen molar-refractivity contribution in [3.05, 3.63) is 0 Å². The van der Waals surface area contributed by atoms with Gasteiger partial charge >= 0.3 is 0 Å². The van der Waals surface area contributed by atoms with Crippen LogP contribution in [-0.4, -0.2) is 67.3 Å². The first-order chi connectivity index (χ1) is 9.34. The maximum atomic E-state index is 6.20. The Hall–Kier alpha value is -0.160. The highest BCUT2D eigenvalue weighted by atomic mass is 16.5. The number of nitrogens with two attached hydrogens (primary N) is 1. The molecular weight excluding hydrogens is 238 g/mol. The third-order valence-electron chi connectivity index (χ3n) is 5.53. The quantitative estimate of drug-likeness (QED) is 0.812. The first-order valence-corrected chi connectivity index (χ1v) is 8.11. The van der Waals surface area contributed by atoms with Crippen molar-refractivity contribution in [3.63, 3.8) is 0 Å². The zero-order valence-electron chi connectivity index (χ0n) is 12.1. The number of rotatable bonds is 2. The zero-order valence-corrected chi connectivity index (χ0v) is 12.1. The van der Waals surface area contributed by atoms with Gasteiger partial charge in [0, 0.05) is 51.0 Å². The van der Waals surface area contributed by atoms with Crippen molar-refractivity contribution in [3.8, 4) is 0 Å². The van der Waals surface area contributed by atoms with Crippen LogP contribution in [0.15, 0.2) is 0 Å². The summed E-state index contributed by atoms with van der Waals surface area (Å²) in [5, 5.41) is 0.